The zero-order valence-corrected chi connectivity index (χ0v) is 15.1. The molecule has 0 saturated carbocycles. The lowest BCUT2D eigenvalue weighted by Crippen LogP contribution is -2.48. The van der Waals surface area contributed by atoms with Crippen molar-refractivity contribution in [2.75, 3.05) is 18.4 Å². The zero-order chi connectivity index (χ0) is 17.0. The molecule has 1 unspecified atom stereocenters. The van der Waals surface area contributed by atoms with Gasteiger partial charge in [0.15, 0.2) is 0 Å². The average Bonchev–Trinajstić information content (AvgIpc) is 2.42. The van der Waals surface area contributed by atoms with Gasteiger partial charge in [-0.25, -0.2) is 4.79 Å². The van der Waals surface area contributed by atoms with Crippen LogP contribution >= 0.6 is 0 Å². The Bertz CT molecular complexity index is 529. The summed E-state index contributed by atoms with van der Waals surface area (Å²) in [7, 11) is 0. The fourth-order valence-electron chi connectivity index (χ4n) is 3.09. The summed E-state index contributed by atoms with van der Waals surface area (Å²) in [5.74, 6) is 0. The molecule has 0 bridgehead atoms. The summed E-state index contributed by atoms with van der Waals surface area (Å²) in [5.41, 5.74) is 3.18. The van der Waals surface area contributed by atoms with E-state index in [0.717, 1.165) is 31.6 Å². The van der Waals surface area contributed by atoms with Crippen molar-refractivity contribution in [3.05, 3.63) is 29.3 Å². The van der Waals surface area contributed by atoms with Crippen molar-refractivity contribution >= 4 is 11.8 Å². The SMILES string of the molecule is Cc1cc(C)cc(NCC2CCCCN2C(=O)OC(C)(C)C)c1. The predicted molar refractivity (Wildman–Crippen MR) is 95.0 cm³/mol. The minimum Gasteiger partial charge on any atom is -0.444 e. The maximum Gasteiger partial charge on any atom is 0.410 e. The van der Waals surface area contributed by atoms with Crippen LogP contribution in [0.5, 0.6) is 0 Å². The molecular formula is C19H30N2O2. The molecule has 1 atom stereocenters. The van der Waals surface area contributed by atoms with Crippen molar-refractivity contribution < 1.29 is 9.53 Å². The Hall–Kier alpha value is -1.71. The molecule has 1 amide bonds. The molecule has 0 spiro atoms. The Balaban J connectivity index is 1.99. The highest BCUT2D eigenvalue weighted by Gasteiger charge is 2.30. The van der Waals surface area contributed by atoms with E-state index in [4.69, 9.17) is 4.74 Å². The molecule has 1 aliphatic rings. The first-order chi connectivity index (χ1) is 10.7. The van der Waals surface area contributed by atoms with E-state index in [9.17, 15) is 4.79 Å². The van der Waals surface area contributed by atoms with Gasteiger partial charge in [-0.1, -0.05) is 6.07 Å². The predicted octanol–water partition coefficient (Wildman–Crippen LogP) is 4.50. The third-order valence-electron chi connectivity index (χ3n) is 4.02. The van der Waals surface area contributed by atoms with Gasteiger partial charge in [-0.15, -0.1) is 0 Å². The highest BCUT2D eigenvalue weighted by Crippen LogP contribution is 2.21. The molecule has 1 fully saturated rings. The van der Waals surface area contributed by atoms with Gasteiger partial charge < -0.3 is 15.0 Å². The fourth-order valence-corrected chi connectivity index (χ4v) is 3.09. The number of carbonyl (C=O) groups excluding carboxylic acids is 1. The minimum atomic E-state index is -0.444. The first-order valence-corrected chi connectivity index (χ1v) is 8.56. The highest BCUT2D eigenvalue weighted by molar-refractivity contribution is 5.68. The van der Waals surface area contributed by atoms with E-state index in [1.807, 2.05) is 25.7 Å². The van der Waals surface area contributed by atoms with Gasteiger partial charge in [0.1, 0.15) is 5.60 Å². The van der Waals surface area contributed by atoms with Gasteiger partial charge in [0.2, 0.25) is 0 Å². The van der Waals surface area contributed by atoms with Gasteiger partial charge in [0.05, 0.1) is 6.04 Å². The van der Waals surface area contributed by atoms with Crippen LogP contribution in [-0.2, 0) is 4.74 Å². The molecule has 0 aliphatic carbocycles. The molecule has 1 aromatic rings. The summed E-state index contributed by atoms with van der Waals surface area (Å²) in [5, 5.41) is 3.49. The minimum absolute atomic E-state index is 0.190. The molecule has 1 aromatic carbocycles. The van der Waals surface area contributed by atoms with Gasteiger partial charge in [-0.2, -0.15) is 0 Å². The van der Waals surface area contributed by atoms with Crippen LogP contribution in [0, 0.1) is 13.8 Å². The van der Waals surface area contributed by atoms with Gasteiger partial charge in [0, 0.05) is 18.8 Å². The maximum atomic E-state index is 12.4. The van der Waals surface area contributed by atoms with Crippen LogP contribution in [0.2, 0.25) is 0 Å². The van der Waals surface area contributed by atoms with Crippen molar-refractivity contribution in [1.82, 2.24) is 4.90 Å². The van der Waals surface area contributed by atoms with Gasteiger partial charge in [0.25, 0.3) is 0 Å². The summed E-state index contributed by atoms with van der Waals surface area (Å²) >= 11 is 0. The van der Waals surface area contributed by atoms with Gasteiger partial charge >= 0.3 is 6.09 Å². The number of piperidine rings is 1. The van der Waals surface area contributed by atoms with E-state index in [-0.39, 0.29) is 12.1 Å². The number of anilines is 1. The molecule has 4 heteroatoms. The summed E-state index contributed by atoms with van der Waals surface area (Å²) in [4.78, 5) is 14.3. The van der Waals surface area contributed by atoms with Crippen LogP contribution in [0.1, 0.15) is 51.2 Å². The number of aryl methyl sites for hydroxylation is 2. The smallest absolute Gasteiger partial charge is 0.410 e. The average molecular weight is 318 g/mol. The van der Waals surface area contributed by atoms with Crippen molar-refractivity contribution in [2.45, 2.75) is 65.5 Å². The van der Waals surface area contributed by atoms with Crippen LogP contribution in [0.4, 0.5) is 10.5 Å². The summed E-state index contributed by atoms with van der Waals surface area (Å²) in [6.07, 6.45) is 3.05. The highest BCUT2D eigenvalue weighted by atomic mass is 16.6. The molecule has 0 aromatic heterocycles. The maximum absolute atomic E-state index is 12.4. The van der Waals surface area contributed by atoms with Crippen LogP contribution in [-0.4, -0.2) is 35.7 Å². The molecule has 128 valence electrons. The van der Waals surface area contributed by atoms with E-state index in [1.165, 1.54) is 17.5 Å². The first-order valence-electron chi connectivity index (χ1n) is 8.56. The Morgan fingerprint density at radius 1 is 1.22 bits per heavy atom. The topological polar surface area (TPSA) is 41.6 Å². The second-order valence-corrected chi connectivity index (χ2v) is 7.58. The molecule has 2 rings (SSSR count). The zero-order valence-electron chi connectivity index (χ0n) is 15.1. The quantitative estimate of drug-likeness (QED) is 0.892. The van der Waals surface area contributed by atoms with Gasteiger partial charge in [-0.05, 0) is 77.1 Å². The molecule has 1 aliphatic heterocycles. The molecule has 1 heterocycles. The number of benzene rings is 1. The number of hydrogen-bond donors (Lipinski definition) is 1. The Morgan fingerprint density at radius 3 is 2.48 bits per heavy atom. The Kier molecular flexibility index (Phi) is 5.55. The van der Waals surface area contributed by atoms with Crippen molar-refractivity contribution in [2.24, 2.45) is 0 Å². The number of rotatable bonds is 3. The number of nitrogens with zero attached hydrogens (tertiary/aromatic N) is 1. The fraction of sp³-hybridized carbons (Fsp3) is 0.632. The number of nitrogens with one attached hydrogen (secondary N) is 1. The largest absolute Gasteiger partial charge is 0.444 e. The summed E-state index contributed by atoms with van der Waals surface area (Å²) in [6.45, 7) is 11.5. The number of ether oxygens (including phenoxy) is 1. The standard InChI is InChI=1S/C19H30N2O2/c1-14-10-15(2)12-16(11-14)20-13-17-8-6-7-9-21(17)18(22)23-19(3,4)5/h10-12,17,20H,6-9,13H2,1-5H3. The number of likely N-dealkylation sites (tertiary alicyclic amines) is 1. The molecule has 1 saturated heterocycles. The Morgan fingerprint density at radius 2 is 1.87 bits per heavy atom. The van der Waals surface area contributed by atoms with Crippen LogP contribution in [0.3, 0.4) is 0 Å². The second-order valence-electron chi connectivity index (χ2n) is 7.58. The van der Waals surface area contributed by atoms with Crippen molar-refractivity contribution in [1.29, 1.82) is 0 Å². The summed E-state index contributed by atoms with van der Waals surface area (Å²) < 4.78 is 5.56. The third-order valence-corrected chi connectivity index (χ3v) is 4.02. The van der Waals surface area contributed by atoms with E-state index in [1.54, 1.807) is 0 Å². The number of amides is 1. The lowest BCUT2D eigenvalue weighted by molar-refractivity contribution is 0.0114. The normalized spacial score (nSPS) is 18.7. The lowest BCUT2D eigenvalue weighted by Gasteiger charge is -2.37. The van der Waals surface area contributed by atoms with Crippen molar-refractivity contribution in [3.63, 3.8) is 0 Å². The number of carbonyl (C=O) groups is 1. The first kappa shape index (κ1) is 17.6. The molecule has 23 heavy (non-hydrogen) atoms. The van der Waals surface area contributed by atoms with Crippen molar-refractivity contribution in [3.8, 4) is 0 Å². The van der Waals surface area contributed by atoms with Crippen LogP contribution < -0.4 is 5.32 Å². The van der Waals surface area contributed by atoms with E-state index >= 15 is 0 Å². The van der Waals surface area contributed by atoms with E-state index < -0.39 is 5.60 Å². The van der Waals surface area contributed by atoms with E-state index in [2.05, 4.69) is 37.4 Å². The Labute approximate surface area is 140 Å². The van der Waals surface area contributed by atoms with E-state index in [0.29, 0.717) is 0 Å². The lowest BCUT2D eigenvalue weighted by atomic mass is 10.0. The second kappa shape index (κ2) is 7.24. The third kappa shape index (κ3) is 5.45. The molecular weight excluding hydrogens is 288 g/mol. The van der Waals surface area contributed by atoms with Gasteiger partial charge in [-0.3, -0.25) is 0 Å². The molecule has 1 N–H and O–H groups in total. The summed E-state index contributed by atoms with van der Waals surface area (Å²) in [6, 6.07) is 6.65. The molecule has 0 radical (unpaired) electrons. The number of hydrogen-bond acceptors (Lipinski definition) is 3. The monoisotopic (exact) mass is 318 g/mol. The molecule has 4 nitrogen and oxygen atoms in total. The van der Waals surface area contributed by atoms with Crippen LogP contribution in [0.25, 0.3) is 0 Å². The van der Waals surface area contributed by atoms with Crippen LogP contribution in [0.15, 0.2) is 18.2 Å².